The Labute approximate surface area is 234 Å². The zero-order chi connectivity index (χ0) is 27.1. The maximum Gasteiger partial charge on any atom is 0.239 e. The Kier molecular flexibility index (Phi) is 6.74. The smallest absolute Gasteiger partial charge is 0.239 e. The zero-order valence-electron chi connectivity index (χ0n) is 21.8. The number of ether oxygens (including phenoxy) is 1. The largest absolute Gasteiger partial charge is 0.479 e. The molecule has 0 fully saturated rings. The van der Waals surface area contributed by atoms with E-state index in [0.717, 1.165) is 62.1 Å². The van der Waals surface area contributed by atoms with Gasteiger partial charge in [0.05, 0.1) is 28.8 Å². The molecule has 6 rings (SSSR count). The van der Waals surface area contributed by atoms with E-state index in [-0.39, 0.29) is 0 Å². The molecule has 5 heterocycles. The highest BCUT2D eigenvalue weighted by molar-refractivity contribution is 9.10. The molecular formula is C26H26BrN10OP. The second-order valence-electron chi connectivity index (χ2n) is 9.17. The predicted octanol–water partition coefficient (Wildman–Crippen LogP) is 4.81. The molecule has 198 valence electrons. The molecule has 0 bridgehead atoms. The van der Waals surface area contributed by atoms with Crippen LogP contribution < -0.4 is 26.0 Å². The first-order valence-electron chi connectivity index (χ1n) is 12.2. The van der Waals surface area contributed by atoms with E-state index in [1.54, 1.807) is 25.7 Å². The summed E-state index contributed by atoms with van der Waals surface area (Å²) in [4.78, 5) is 23.1. The van der Waals surface area contributed by atoms with Gasteiger partial charge in [-0.05, 0) is 47.5 Å². The second kappa shape index (κ2) is 10.3. The van der Waals surface area contributed by atoms with Crippen molar-refractivity contribution in [1.29, 1.82) is 0 Å². The van der Waals surface area contributed by atoms with Crippen molar-refractivity contribution in [1.82, 2.24) is 34.7 Å². The molecule has 1 aromatic carbocycles. The Morgan fingerprint density at radius 3 is 2.69 bits per heavy atom. The summed E-state index contributed by atoms with van der Waals surface area (Å²) in [5.41, 5.74) is 6.47. The summed E-state index contributed by atoms with van der Waals surface area (Å²) in [5, 5.41) is 15.8. The Morgan fingerprint density at radius 2 is 1.87 bits per heavy atom. The maximum atomic E-state index is 5.62. The van der Waals surface area contributed by atoms with Gasteiger partial charge >= 0.3 is 0 Å². The number of methoxy groups -OCH3 is 1. The number of halogens is 1. The monoisotopic (exact) mass is 604 g/mol. The van der Waals surface area contributed by atoms with Gasteiger partial charge in [-0.3, -0.25) is 14.6 Å². The van der Waals surface area contributed by atoms with Gasteiger partial charge in [0.1, 0.15) is 17.3 Å². The van der Waals surface area contributed by atoms with Gasteiger partial charge in [0.25, 0.3) is 0 Å². The molecule has 4 aromatic heterocycles. The van der Waals surface area contributed by atoms with Crippen LogP contribution in [-0.2, 0) is 13.5 Å². The third-order valence-corrected chi connectivity index (χ3v) is 8.42. The van der Waals surface area contributed by atoms with Crippen molar-refractivity contribution in [3.63, 3.8) is 0 Å². The van der Waals surface area contributed by atoms with E-state index in [2.05, 4.69) is 65.3 Å². The van der Waals surface area contributed by atoms with Gasteiger partial charge in [-0.2, -0.15) is 15.1 Å². The first kappa shape index (κ1) is 25.4. The van der Waals surface area contributed by atoms with Crippen molar-refractivity contribution in [2.75, 3.05) is 42.9 Å². The first-order valence-corrected chi connectivity index (χ1v) is 15.3. The van der Waals surface area contributed by atoms with Crippen LogP contribution in [0.4, 0.5) is 29.0 Å². The van der Waals surface area contributed by atoms with E-state index in [4.69, 9.17) is 14.7 Å². The fourth-order valence-corrected chi connectivity index (χ4v) is 6.20. The van der Waals surface area contributed by atoms with Crippen molar-refractivity contribution >= 4 is 69.1 Å². The molecule has 13 heteroatoms. The van der Waals surface area contributed by atoms with Crippen LogP contribution in [0.15, 0.2) is 47.5 Å². The minimum absolute atomic E-state index is 0.395. The summed E-state index contributed by atoms with van der Waals surface area (Å²) in [7, 11) is 3.07. The second-order valence-corrected chi connectivity index (χ2v) is 12.3. The topological polar surface area (TPSA) is 128 Å². The van der Waals surface area contributed by atoms with Crippen molar-refractivity contribution in [2.45, 2.75) is 6.42 Å². The Hall–Kier alpha value is -3.89. The van der Waals surface area contributed by atoms with Crippen molar-refractivity contribution in [3.8, 4) is 17.0 Å². The zero-order valence-corrected chi connectivity index (χ0v) is 24.3. The van der Waals surface area contributed by atoms with E-state index in [1.807, 2.05) is 36.1 Å². The maximum absolute atomic E-state index is 5.62. The summed E-state index contributed by atoms with van der Waals surface area (Å²) >= 11 is 3.60. The van der Waals surface area contributed by atoms with Gasteiger partial charge in [-0.15, -0.1) is 0 Å². The van der Waals surface area contributed by atoms with Crippen molar-refractivity contribution < 1.29 is 4.74 Å². The van der Waals surface area contributed by atoms with Gasteiger partial charge in [0, 0.05) is 66.4 Å². The Bertz CT molecular complexity index is 1710. The number of benzene rings is 1. The number of hydrogen-bond acceptors (Lipinski definition) is 10. The molecule has 1 aliphatic rings. The van der Waals surface area contributed by atoms with Crippen LogP contribution in [0, 0.1) is 0 Å². The molecule has 0 amide bonds. The normalized spacial score (nSPS) is 12.5. The Balaban J connectivity index is 1.37. The van der Waals surface area contributed by atoms with Gasteiger partial charge in [-0.25, -0.2) is 4.98 Å². The summed E-state index contributed by atoms with van der Waals surface area (Å²) in [5.74, 6) is 2.20. The van der Waals surface area contributed by atoms with E-state index in [1.165, 1.54) is 0 Å². The van der Waals surface area contributed by atoms with Gasteiger partial charge in [-0.1, -0.05) is 7.92 Å². The minimum atomic E-state index is -0.480. The molecule has 11 nitrogen and oxygen atoms in total. The van der Waals surface area contributed by atoms with Gasteiger partial charge in [0.15, 0.2) is 0 Å². The lowest BCUT2D eigenvalue weighted by Crippen LogP contribution is -2.12. The van der Waals surface area contributed by atoms with Crippen LogP contribution >= 0.6 is 23.9 Å². The van der Waals surface area contributed by atoms with Crippen LogP contribution in [0.1, 0.15) is 5.69 Å². The number of nitrogens with zero attached hydrogens (tertiary/aromatic N) is 7. The van der Waals surface area contributed by atoms with E-state index >= 15 is 0 Å². The SMILES string of the molecule is COc1nc2c(cc1Nc1ncc(Br)c(Nc3ccc4nccnc4c3P(C)C)n1)-c1cnn(C)c1CCN2. The average Bonchev–Trinajstić information content (AvgIpc) is 3.20. The molecule has 39 heavy (non-hydrogen) atoms. The average molecular weight is 605 g/mol. The van der Waals surface area contributed by atoms with Crippen LogP contribution in [0.5, 0.6) is 5.88 Å². The highest BCUT2D eigenvalue weighted by atomic mass is 79.9. The summed E-state index contributed by atoms with van der Waals surface area (Å²) in [6, 6.07) is 5.99. The molecule has 0 radical (unpaired) electrons. The fraction of sp³-hybridized carbons (Fsp3) is 0.231. The quantitative estimate of drug-likeness (QED) is 0.232. The molecule has 0 unspecified atom stereocenters. The number of hydrogen-bond donors (Lipinski definition) is 3. The number of fused-ring (bicyclic) bond motifs is 4. The summed E-state index contributed by atoms with van der Waals surface area (Å²) in [6.45, 7) is 5.16. The van der Waals surface area contributed by atoms with Crippen LogP contribution in [0.25, 0.3) is 22.2 Å². The molecule has 0 spiro atoms. The fourth-order valence-electron chi connectivity index (χ4n) is 4.70. The van der Waals surface area contributed by atoms with E-state index in [9.17, 15) is 0 Å². The lowest BCUT2D eigenvalue weighted by atomic mass is 10.1. The molecule has 0 saturated heterocycles. The third-order valence-electron chi connectivity index (χ3n) is 6.49. The van der Waals surface area contributed by atoms with Gasteiger partial charge < -0.3 is 20.7 Å². The number of aromatic nitrogens is 7. The number of aryl methyl sites for hydroxylation is 1. The number of nitrogens with one attached hydrogen (secondary N) is 3. The first-order chi connectivity index (χ1) is 18.9. The predicted molar refractivity (Wildman–Crippen MR) is 159 cm³/mol. The lowest BCUT2D eigenvalue weighted by Gasteiger charge is -2.18. The standard InChI is InChI=1S/C26H26BrN10OP/c1-37-20-7-8-30-23-14(15(20)12-32-37)11-19(25(35-23)38-2)34-26-31-13-16(27)24(36-26)33-18-6-5-17-21(22(18)39(3)4)29-10-9-28-17/h5-6,9-13H,7-8H2,1-4H3,(H,30,35)(H2,31,33,34,36). The summed E-state index contributed by atoms with van der Waals surface area (Å²) in [6.07, 6.45) is 7.87. The van der Waals surface area contributed by atoms with Crippen molar-refractivity contribution in [3.05, 3.63) is 53.2 Å². The number of pyridine rings is 1. The molecule has 3 N–H and O–H groups in total. The highest BCUT2D eigenvalue weighted by Crippen LogP contribution is 2.39. The molecule has 0 atom stereocenters. The molecule has 1 aliphatic heterocycles. The molecule has 0 aliphatic carbocycles. The Morgan fingerprint density at radius 1 is 1.03 bits per heavy atom. The third kappa shape index (κ3) is 4.74. The van der Waals surface area contributed by atoms with Crippen LogP contribution in [0.2, 0.25) is 0 Å². The van der Waals surface area contributed by atoms with E-state index in [0.29, 0.717) is 23.3 Å². The number of anilines is 5. The van der Waals surface area contributed by atoms with Crippen LogP contribution in [-0.4, -0.2) is 61.7 Å². The van der Waals surface area contributed by atoms with Crippen molar-refractivity contribution in [2.24, 2.45) is 7.05 Å². The lowest BCUT2D eigenvalue weighted by molar-refractivity contribution is 0.400. The summed E-state index contributed by atoms with van der Waals surface area (Å²) < 4.78 is 8.26. The molecule has 5 aromatic rings. The molecule has 0 saturated carbocycles. The van der Waals surface area contributed by atoms with E-state index < -0.39 is 7.92 Å². The van der Waals surface area contributed by atoms with Crippen LogP contribution in [0.3, 0.4) is 0 Å². The van der Waals surface area contributed by atoms with Gasteiger partial charge in [0.2, 0.25) is 11.8 Å². The number of rotatable bonds is 6. The minimum Gasteiger partial charge on any atom is -0.479 e. The molecular weight excluding hydrogens is 579 g/mol. The highest BCUT2D eigenvalue weighted by Gasteiger charge is 2.22.